The number of nitrogens with zero attached hydrogens (tertiary/aromatic N) is 2. The average Bonchev–Trinajstić information content (AvgIpc) is 2.99. The molecule has 3 N–H and O–H groups in total. The van der Waals surface area contributed by atoms with Crippen LogP contribution in [0.1, 0.15) is 49.0 Å². The van der Waals surface area contributed by atoms with Gasteiger partial charge in [-0.1, -0.05) is 43.5 Å². The molecule has 2 aromatic rings. The van der Waals surface area contributed by atoms with E-state index in [-0.39, 0.29) is 24.6 Å². The second-order valence-electron chi connectivity index (χ2n) is 7.67. The lowest BCUT2D eigenvalue weighted by atomic mass is 9.82. The van der Waals surface area contributed by atoms with Gasteiger partial charge in [0, 0.05) is 18.4 Å². The molecule has 30 heavy (non-hydrogen) atoms. The van der Waals surface area contributed by atoms with Crippen molar-refractivity contribution in [3.05, 3.63) is 42.1 Å². The number of aromatic nitrogens is 1. The number of imide groups is 1. The minimum absolute atomic E-state index is 0.0393. The molecule has 0 radical (unpaired) electrons. The number of benzene rings is 1. The van der Waals surface area contributed by atoms with Crippen LogP contribution in [0.4, 0.5) is 4.79 Å². The van der Waals surface area contributed by atoms with Gasteiger partial charge in [0.2, 0.25) is 5.91 Å². The first-order chi connectivity index (χ1) is 14.5. The van der Waals surface area contributed by atoms with E-state index in [1.165, 1.54) is 0 Å². The molecule has 1 aliphatic heterocycles. The summed E-state index contributed by atoms with van der Waals surface area (Å²) < 4.78 is 0. The number of nitrogens with one attached hydrogen (secondary N) is 3. The molecule has 0 atom stereocenters. The fourth-order valence-electron chi connectivity index (χ4n) is 4.03. The summed E-state index contributed by atoms with van der Waals surface area (Å²) in [6, 6.07) is 10.3. The van der Waals surface area contributed by atoms with Crippen LogP contribution in [0.2, 0.25) is 0 Å². The van der Waals surface area contributed by atoms with Gasteiger partial charge in [0.1, 0.15) is 11.2 Å². The van der Waals surface area contributed by atoms with Crippen molar-refractivity contribution in [1.29, 1.82) is 0 Å². The second-order valence-corrected chi connectivity index (χ2v) is 7.67. The second kappa shape index (κ2) is 8.10. The molecule has 9 nitrogen and oxygen atoms in total. The number of hydrogen-bond acceptors (Lipinski definition) is 5. The summed E-state index contributed by atoms with van der Waals surface area (Å²) in [7, 11) is 0. The lowest BCUT2D eigenvalue weighted by Gasteiger charge is -2.30. The number of carbonyl (C=O) groups excluding carboxylic acids is 4. The first kappa shape index (κ1) is 19.8. The maximum absolute atomic E-state index is 12.7. The molecule has 2 heterocycles. The summed E-state index contributed by atoms with van der Waals surface area (Å²) >= 11 is 0. The van der Waals surface area contributed by atoms with Crippen LogP contribution in [-0.2, 0) is 9.59 Å². The number of rotatable bonds is 4. The molecule has 1 spiro atoms. The lowest BCUT2D eigenvalue weighted by molar-refractivity contribution is -0.132. The zero-order valence-corrected chi connectivity index (χ0v) is 16.4. The minimum Gasteiger partial charge on any atom is -0.323 e. The van der Waals surface area contributed by atoms with Crippen molar-refractivity contribution in [3.8, 4) is 0 Å². The Morgan fingerprint density at radius 2 is 1.80 bits per heavy atom. The molecule has 9 heteroatoms. The molecule has 1 aromatic heterocycles. The highest BCUT2D eigenvalue weighted by Gasteiger charge is 2.51. The van der Waals surface area contributed by atoms with Crippen LogP contribution in [-0.4, -0.2) is 45.7 Å². The number of fused-ring (bicyclic) bond motifs is 1. The number of pyridine rings is 1. The van der Waals surface area contributed by atoms with Crippen LogP contribution < -0.4 is 16.2 Å². The van der Waals surface area contributed by atoms with Gasteiger partial charge in [-0.2, -0.15) is 0 Å². The molecule has 0 unspecified atom stereocenters. The van der Waals surface area contributed by atoms with Crippen molar-refractivity contribution in [1.82, 2.24) is 26.1 Å². The zero-order chi connectivity index (χ0) is 21.1. The highest BCUT2D eigenvalue weighted by Crippen LogP contribution is 2.33. The van der Waals surface area contributed by atoms with E-state index < -0.39 is 23.4 Å². The topological polar surface area (TPSA) is 121 Å². The summed E-state index contributed by atoms with van der Waals surface area (Å²) in [6.07, 6.45) is 4.01. The van der Waals surface area contributed by atoms with Crippen molar-refractivity contribution >= 4 is 34.7 Å². The van der Waals surface area contributed by atoms with Crippen molar-refractivity contribution in [2.75, 3.05) is 6.54 Å². The van der Waals surface area contributed by atoms with Crippen molar-refractivity contribution in [2.24, 2.45) is 0 Å². The number of amides is 5. The quantitative estimate of drug-likeness (QED) is 0.524. The third kappa shape index (κ3) is 3.83. The third-order valence-electron chi connectivity index (χ3n) is 5.66. The monoisotopic (exact) mass is 409 g/mol. The van der Waals surface area contributed by atoms with Crippen molar-refractivity contribution in [2.45, 2.75) is 44.1 Å². The summed E-state index contributed by atoms with van der Waals surface area (Å²) in [6.45, 7) is -0.0393. The van der Waals surface area contributed by atoms with Gasteiger partial charge in [0.25, 0.3) is 11.8 Å². The molecule has 1 saturated carbocycles. The van der Waals surface area contributed by atoms with E-state index in [9.17, 15) is 19.2 Å². The van der Waals surface area contributed by atoms with E-state index in [2.05, 4.69) is 21.2 Å². The molecule has 156 valence electrons. The van der Waals surface area contributed by atoms with Gasteiger partial charge in [-0.25, -0.2) is 9.78 Å². The van der Waals surface area contributed by atoms with Crippen LogP contribution in [0.15, 0.2) is 36.4 Å². The molecule has 1 aliphatic carbocycles. The average molecular weight is 409 g/mol. The molecule has 0 bridgehead atoms. The fraction of sp³-hybridized carbons (Fsp3) is 0.381. The Morgan fingerprint density at radius 3 is 2.60 bits per heavy atom. The number of urea groups is 1. The van der Waals surface area contributed by atoms with Gasteiger partial charge >= 0.3 is 6.03 Å². The Balaban J connectivity index is 1.29. The Morgan fingerprint density at radius 1 is 1.03 bits per heavy atom. The SMILES string of the molecule is O=C(CCN1C(=O)NC2(CCCCC2)C1=O)NNC(=O)c1ccc2ccccc2n1. The fourth-order valence-corrected chi connectivity index (χ4v) is 4.03. The van der Waals surface area contributed by atoms with E-state index in [4.69, 9.17) is 0 Å². The Kier molecular flexibility index (Phi) is 5.35. The lowest BCUT2D eigenvalue weighted by Crippen LogP contribution is -2.48. The first-order valence-electron chi connectivity index (χ1n) is 10.1. The molecular weight excluding hydrogens is 386 g/mol. The van der Waals surface area contributed by atoms with Gasteiger partial charge in [-0.05, 0) is 25.0 Å². The Hall–Kier alpha value is -3.49. The number of hydrogen-bond donors (Lipinski definition) is 3. The van der Waals surface area contributed by atoms with E-state index >= 15 is 0 Å². The molecule has 5 amide bonds. The summed E-state index contributed by atoms with van der Waals surface area (Å²) in [5.41, 5.74) is 4.66. The third-order valence-corrected chi connectivity index (χ3v) is 5.66. The molecule has 2 fully saturated rings. The summed E-state index contributed by atoms with van der Waals surface area (Å²) in [5, 5.41) is 3.71. The highest BCUT2D eigenvalue weighted by molar-refractivity contribution is 6.07. The van der Waals surface area contributed by atoms with E-state index in [1.807, 2.05) is 18.2 Å². The molecule has 2 aliphatic rings. The number of hydrazine groups is 1. The van der Waals surface area contributed by atoms with Gasteiger partial charge in [-0.15, -0.1) is 0 Å². The Bertz CT molecular complexity index is 1020. The van der Waals surface area contributed by atoms with Gasteiger partial charge < -0.3 is 5.32 Å². The normalized spacial score (nSPS) is 17.8. The van der Waals surface area contributed by atoms with E-state index in [0.717, 1.165) is 29.5 Å². The maximum atomic E-state index is 12.7. The van der Waals surface area contributed by atoms with Crippen molar-refractivity contribution < 1.29 is 19.2 Å². The van der Waals surface area contributed by atoms with Crippen LogP contribution in [0.5, 0.6) is 0 Å². The number of para-hydroxylation sites is 1. The molecular formula is C21H23N5O4. The minimum atomic E-state index is -0.804. The first-order valence-corrected chi connectivity index (χ1v) is 10.1. The van der Waals surface area contributed by atoms with E-state index in [0.29, 0.717) is 18.4 Å². The van der Waals surface area contributed by atoms with Crippen LogP contribution >= 0.6 is 0 Å². The number of carbonyl (C=O) groups is 4. The van der Waals surface area contributed by atoms with Crippen LogP contribution in [0, 0.1) is 0 Å². The molecule has 1 saturated heterocycles. The van der Waals surface area contributed by atoms with Crippen LogP contribution in [0.3, 0.4) is 0 Å². The van der Waals surface area contributed by atoms with Crippen LogP contribution in [0.25, 0.3) is 10.9 Å². The summed E-state index contributed by atoms with van der Waals surface area (Å²) in [4.78, 5) is 54.6. The predicted octanol–water partition coefficient (Wildman–Crippen LogP) is 1.64. The van der Waals surface area contributed by atoms with Crippen molar-refractivity contribution in [3.63, 3.8) is 0 Å². The summed E-state index contributed by atoms with van der Waals surface area (Å²) in [5.74, 6) is -1.32. The maximum Gasteiger partial charge on any atom is 0.325 e. The molecule has 1 aromatic carbocycles. The molecule has 4 rings (SSSR count). The van der Waals surface area contributed by atoms with Gasteiger partial charge in [0.15, 0.2) is 0 Å². The van der Waals surface area contributed by atoms with Gasteiger partial charge in [0.05, 0.1) is 5.52 Å². The largest absolute Gasteiger partial charge is 0.325 e. The van der Waals surface area contributed by atoms with Gasteiger partial charge in [-0.3, -0.25) is 30.1 Å². The smallest absolute Gasteiger partial charge is 0.323 e. The predicted molar refractivity (Wildman–Crippen MR) is 108 cm³/mol. The Labute approximate surface area is 173 Å². The van der Waals surface area contributed by atoms with E-state index in [1.54, 1.807) is 18.2 Å². The zero-order valence-electron chi connectivity index (χ0n) is 16.4. The standard InChI is InChI=1S/C21H23N5O4/c27-17(10-13-26-19(29)21(23-20(26)30)11-4-1-5-12-21)24-25-18(28)16-9-8-14-6-2-3-7-15(14)22-16/h2-3,6-9H,1,4-5,10-13H2,(H,23,30)(H,24,27)(H,25,28). The highest BCUT2D eigenvalue weighted by atomic mass is 16.2.